The summed E-state index contributed by atoms with van der Waals surface area (Å²) in [7, 11) is -1.49. The smallest absolute Gasteiger partial charge is 0.243 e. The van der Waals surface area contributed by atoms with Gasteiger partial charge in [-0.1, -0.05) is 26.0 Å². The monoisotopic (exact) mass is 454 g/mol. The lowest BCUT2D eigenvalue weighted by Crippen LogP contribution is -2.46. The van der Waals surface area contributed by atoms with Crippen LogP contribution in [0.5, 0.6) is 0 Å². The summed E-state index contributed by atoms with van der Waals surface area (Å²) in [5.41, 5.74) is 1.57. The Morgan fingerprint density at radius 3 is 2.34 bits per heavy atom. The summed E-state index contributed by atoms with van der Waals surface area (Å²) in [5.74, 6) is 1.72. The van der Waals surface area contributed by atoms with E-state index in [4.69, 9.17) is 0 Å². The normalized spacial score (nSPS) is 15.9. The highest BCUT2D eigenvalue weighted by atomic mass is 32.2. The van der Waals surface area contributed by atoms with Gasteiger partial charge in [-0.3, -0.25) is 0 Å². The van der Waals surface area contributed by atoms with Crippen LogP contribution in [-0.2, 0) is 10.0 Å². The average Bonchev–Trinajstić information content (AvgIpc) is 2.78. The van der Waals surface area contributed by atoms with E-state index in [1.54, 1.807) is 28.6 Å². The van der Waals surface area contributed by atoms with E-state index in [9.17, 15) is 8.42 Å². The summed E-state index contributed by atoms with van der Waals surface area (Å²) in [6.45, 7) is 7.60. The summed E-state index contributed by atoms with van der Waals surface area (Å²) < 4.78 is 27.4. The van der Waals surface area contributed by atoms with Crippen LogP contribution in [0, 0.1) is 5.92 Å². The van der Waals surface area contributed by atoms with E-state index < -0.39 is 10.0 Å². The average molecular weight is 455 g/mol. The van der Waals surface area contributed by atoms with Crippen LogP contribution in [0.4, 0.5) is 17.5 Å². The molecule has 0 atom stereocenters. The molecule has 2 aromatic carbocycles. The first kappa shape index (κ1) is 22.4. The Balaban J connectivity index is 1.54. The van der Waals surface area contributed by atoms with Crippen molar-refractivity contribution < 1.29 is 8.42 Å². The Kier molecular flexibility index (Phi) is 6.59. The molecule has 1 fully saturated rings. The molecule has 32 heavy (non-hydrogen) atoms. The van der Waals surface area contributed by atoms with E-state index in [2.05, 4.69) is 39.3 Å². The number of anilines is 3. The zero-order chi connectivity index (χ0) is 22.7. The molecule has 1 aliphatic rings. The van der Waals surface area contributed by atoms with Gasteiger partial charge in [-0.2, -0.15) is 9.29 Å². The van der Waals surface area contributed by atoms with Gasteiger partial charge in [0.25, 0.3) is 0 Å². The highest BCUT2D eigenvalue weighted by molar-refractivity contribution is 7.89. The van der Waals surface area contributed by atoms with Crippen LogP contribution in [0.25, 0.3) is 10.9 Å². The van der Waals surface area contributed by atoms with Gasteiger partial charge in [-0.15, -0.1) is 0 Å². The molecule has 0 amide bonds. The van der Waals surface area contributed by atoms with Gasteiger partial charge in [-0.05, 0) is 49.4 Å². The van der Waals surface area contributed by atoms with Crippen molar-refractivity contribution in [3.05, 3.63) is 48.5 Å². The standard InChI is InChI=1S/C23H30N6O2S/c1-17(2)16-24-22-20-6-4-5-7-21(20)26-23(27-22)25-18-8-10-19(11-9-18)32(30,31)29-14-12-28(3)13-15-29/h4-11,17H,12-16H2,1-3H3,(H2,24,25,26,27). The molecule has 0 saturated carbocycles. The maximum Gasteiger partial charge on any atom is 0.243 e. The second-order valence-electron chi connectivity index (χ2n) is 8.54. The van der Waals surface area contributed by atoms with E-state index in [1.807, 2.05) is 31.3 Å². The molecule has 0 aliphatic carbocycles. The van der Waals surface area contributed by atoms with Crippen molar-refractivity contribution in [1.82, 2.24) is 19.2 Å². The number of rotatable bonds is 7. The number of hydrogen-bond donors (Lipinski definition) is 2. The molecule has 0 radical (unpaired) electrons. The second-order valence-corrected chi connectivity index (χ2v) is 10.5. The van der Waals surface area contributed by atoms with Crippen LogP contribution in [0.1, 0.15) is 13.8 Å². The minimum absolute atomic E-state index is 0.298. The summed E-state index contributed by atoms with van der Waals surface area (Å²) in [6.07, 6.45) is 0. The van der Waals surface area contributed by atoms with Gasteiger partial charge in [-0.25, -0.2) is 13.4 Å². The molecule has 2 heterocycles. The lowest BCUT2D eigenvalue weighted by molar-refractivity contribution is 0.222. The highest BCUT2D eigenvalue weighted by Crippen LogP contribution is 2.25. The third-order valence-electron chi connectivity index (χ3n) is 5.49. The number of para-hydroxylation sites is 1. The van der Waals surface area contributed by atoms with Gasteiger partial charge in [0.15, 0.2) is 0 Å². The Hall–Kier alpha value is -2.75. The van der Waals surface area contributed by atoms with Crippen LogP contribution < -0.4 is 10.6 Å². The predicted molar refractivity (Wildman–Crippen MR) is 129 cm³/mol. The van der Waals surface area contributed by atoms with Gasteiger partial charge >= 0.3 is 0 Å². The minimum atomic E-state index is -3.49. The van der Waals surface area contributed by atoms with E-state index in [1.165, 1.54) is 0 Å². The number of sulfonamides is 1. The number of nitrogens with zero attached hydrogens (tertiary/aromatic N) is 4. The first-order valence-corrected chi connectivity index (χ1v) is 12.3. The van der Waals surface area contributed by atoms with E-state index in [0.29, 0.717) is 29.9 Å². The summed E-state index contributed by atoms with van der Waals surface area (Å²) in [4.78, 5) is 11.7. The van der Waals surface area contributed by atoms with Crippen molar-refractivity contribution in [1.29, 1.82) is 0 Å². The van der Waals surface area contributed by atoms with E-state index in [0.717, 1.165) is 42.0 Å². The molecule has 8 nitrogen and oxygen atoms in total. The molecule has 2 N–H and O–H groups in total. The van der Waals surface area contributed by atoms with Crippen molar-refractivity contribution in [3.8, 4) is 0 Å². The first-order valence-electron chi connectivity index (χ1n) is 10.9. The molecule has 1 saturated heterocycles. The number of piperazine rings is 1. The van der Waals surface area contributed by atoms with Crippen LogP contribution in [0.2, 0.25) is 0 Å². The zero-order valence-corrected chi connectivity index (χ0v) is 19.6. The molecule has 1 aromatic heterocycles. The Labute approximate surface area is 189 Å². The topological polar surface area (TPSA) is 90.5 Å². The quantitative estimate of drug-likeness (QED) is 0.566. The van der Waals surface area contributed by atoms with Crippen LogP contribution in [-0.4, -0.2) is 67.4 Å². The molecule has 170 valence electrons. The molecule has 0 bridgehead atoms. The lowest BCUT2D eigenvalue weighted by Gasteiger charge is -2.31. The summed E-state index contributed by atoms with van der Waals surface area (Å²) in [5, 5.41) is 7.58. The maximum atomic E-state index is 12.9. The largest absolute Gasteiger partial charge is 0.369 e. The molecular formula is C23H30N6O2S. The second kappa shape index (κ2) is 9.40. The van der Waals surface area contributed by atoms with Gasteiger partial charge in [0, 0.05) is 43.8 Å². The van der Waals surface area contributed by atoms with Crippen LogP contribution in [0.15, 0.2) is 53.4 Å². The Bertz CT molecular complexity index is 1170. The van der Waals surface area contributed by atoms with Gasteiger partial charge in [0.1, 0.15) is 5.82 Å². The first-order chi connectivity index (χ1) is 15.3. The molecule has 9 heteroatoms. The van der Waals surface area contributed by atoms with Crippen molar-refractivity contribution in [2.45, 2.75) is 18.7 Å². The van der Waals surface area contributed by atoms with Crippen molar-refractivity contribution in [2.75, 3.05) is 50.4 Å². The summed E-state index contributed by atoms with van der Waals surface area (Å²) in [6, 6.07) is 14.6. The zero-order valence-electron chi connectivity index (χ0n) is 18.7. The fraction of sp³-hybridized carbons (Fsp3) is 0.391. The van der Waals surface area contributed by atoms with Crippen molar-refractivity contribution in [3.63, 3.8) is 0 Å². The predicted octanol–water partition coefficient (Wildman–Crippen LogP) is 3.38. The number of nitrogens with one attached hydrogen (secondary N) is 2. The van der Waals surface area contributed by atoms with Crippen LogP contribution in [0.3, 0.4) is 0 Å². The number of fused-ring (bicyclic) bond motifs is 1. The SMILES string of the molecule is CC(C)CNc1nc(Nc2ccc(S(=O)(=O)N3CCN(C)CC3)cc2)nc2ccccc12. The molecule has 4 rings (SSSR count). The van der Waals surface area contributed by atoms with Crippen molar-refractivity contribution >= 4 is 38.4 Å². The lowest BCUT2D eigenvalue weighted by atomic mass is 10.2. The van der Waals surface area contributed by atoms with E-state index >= 15 is 0 Å². The molecular weight excluding hydrogens is 424 g/mol. The van der Waals surface area contributed by atoms with Crippen molar-refractivity contribution in [2.24, 2.45) is 5.92 Å². The number of hydrogen-bond acceptors (Lipinski definition) is 7. The molecule has 0 spiro atoms. The fourth-order valence-corrected chi connectivity index (χ4v) is 5.01. The number of likely N-dealkylation sites (N-methyl/N-ethyl adjacent to an activating group) is 1. The maximum absolute atomic E-state index is 12.9. The highest BCUT2D eigenvalue weighted by Gasteiger charge is 2.27. The van der Waals surface area contributed by atoms with Gasteiger partial charge in [0.05, 0.1) is 10.4 Å². The third kappa shape index (κ3) is 5.01. The molecule has 0 unspecified atom stereocenters. The minimum Gasteiger partial charge on any atom is -0.369 e. The Morgan fingerprint density at radius 1 is 0.969 bits per heavy atom. The van der Waals surface area contributed by atoms with Gasteiger partial charge in [0.2, 0.25) is 16.0 Å². The molecule has 3 aromatic rings. The summed E-state index contributed by atoms with van der Waals surface area (Å²) >= 11 is 0. The van der Waals surface area contributed by atoms with Crippen LogP contribution >= 0.6 is 0 Å². The third-order valence-corrected chi connectivity index (χ3v) is 7.40. The number of aromatic nitrogens is 2. The molecule has 1 aliphatic heterocycles. The van der Waals surface area contributed by atoms with E-state index in [-0.39, 0.29) is 0 Å². The van der Waals surface area contributed by atoms with Gasteiger partial charge < -0.3 is 15.5 Å². The number of benzene rings is 2. The Morgan fingerprint density at radius 2 is 1.66 bits per heavy atom. The fourth-order valence-electron chi connectivity index (χ4n) is 3.58.